The summed E-state index contributed by atoms with van der Waals surface area (Å²) in [5.41, 5.74) is 1.65. The van der Waals surface area contributed by atoms with Gasteiger partial charge in [0.1, 0.15) is 17.1 Å². The molecular formula is C25H19F3O4. The maximum atomic E-state index is 13.0. The average Bonchev–Trinajstić information content (AvgIpc) is 2.75. The summed E-state index contributed by atoms with van der Waals surface area (Å²) in [6.07, 6.45) is -4.17. The number of halogens is 3. The molecule has 1 heterocycles. The Hall–Kier alpha value is -3.74. The lowest BCUT2D eigenvalue weighted by molar-refractivity contribution is -0.137. The van der Waals surface area contributed by atoms with E-state index < -0.39 is 17.4 Å². The Morgan fingerprint density at radius 1 is 1.00 bits per heavy atom. The van der Waals surface area contributed by atoms with E-state index >= 15 is 0 Å². The van der Waals surface area contributed by atoms with Crippen LogP contribution in [0.2, 0.25) is 0 Å². The van der Waals surface area contributed by atoms with Crippen molar-refractivity contribution in [3.8, 4) is 22.6 Å². The maximum Gasteiger partial charge on any atom is 0.416 e. The number of hydrogen-bond acceptors (Lipinski definition) is 4. The highest BCUT2D eigenvalue weighted by Crippen LogP contribution is 2.35. The number of alkyl halides is 3. The van der Waals surface area contributed by atoms with Crippen molar-refractivity contribution in [1.82, 2.24) is 0 Å². The lowest BCUT2D eigenvalue weighted by atomic mass is 9.92. The number of phenolic OH excluding ortho intramolecular Hbond substituents is 1. The monoisotopic (exact) mass is 440 g/mol. The maximum absolute atomic E-state index is 13.0. The molecule has 0 bridgehead atoms. The second-order valence-electron chi connectivity index (χ2n) is 7.48. The molecule has 0 aliphatic carbocycles. The molecule has 0 aliphatic rings. The predicted octanol–water partition coefficient (Wildman–Crippen LogP) is 6.09. The van der Waals surface area contributed by atoms with Crippen LogP contribution in [0.1, 0.15) is 22.3 Å². The summed E-state index contributed by atoms with van der Waals surface area (Å²) in [7, 11) is 1.51. The smallest absolute Gasteiger partial charge is 0.416 e. The Bertz CT molecular complexity index is 1340. The van der Waals surface area contributed by atoms with E-state index in [4.69, 9.17) is 9.15 Å². The molecule has 0 unspecified atom stereocenters. The largest absolute Gasteiger partial charge is 0.508 e. The zero-order valence-electron chi connectivity index (χ0n) is 17.3. The number of ether oxygens (including phenoxy) is 1. The first-order valence-electron chi connectivity index (χ1n) is 9.77. The topological polar surface area (TPSA) is 59.7 Å². The van der Waals surface area contributed by atoms with E-state index in [0.717, 1.165) is 23.3 Å². The van der Waals surface area contributed by atoms with Crippen molar-refractivity contribution >= 4 is 11.0 Å². The van der Waals surface area contributed by atoms with E-state index in [-0.39, 0.29) is 11.3 Å². The van der Waals surface area contributed by atoms with Crippen molar-refractivity contribution < 1.29 is 27.4 Å². The first kappa shape index (κ1) is 21.5. The number of aryl methyl sites for hydroxylation is 1. The van der Waals surface area contributed by atoms with Gasteiger partial charge in [0.25, 0.3) is 0 Å². The Morgan fingerprint density at radius 3 is 2.25 bits per heavy atom. The molecule has 3 aromatic carbocycles. The molecule has 1 aromatic heterocycles. The second kappa shape index (κ2) is 8.07. The van der Waals surface area contributed by atoms with Gasteiger partial charge in [-0.1, -0.05) is 24.3 Å². The van der Waals surface area contributed by atoms with Gasteiger partial charge >= 0.3 is 11.8 Å². The fourth-order valence-corrected chi connectivity index (χ4v) is 3.74. The highest BCUT2D eigenvalue weighted by molar-refractivity contribution is 5.89. The molecule has 0 fully saturated rings. The van der Waals surface area contributed by atoms with Gasteiger partial charge in [-0.05, 0) is 65.9 Å². The Kier molecular flexibility index (Phi) is 5.42. The normalized spacial score (nSPS) is 11.7. The lowest BCUT2D eigenvalue weighted by Gasteiger charge is -2.15. The summed E-state index contributed by atoms with van der Waals surface area (Å²) in [5, 5.41) is 10.2. The van der Waals surface area contributed by atoms with E-state index in [9.17, 15) is 23.1 Å². The molecule has 1 N–H and O–H groups in total. The van der Waals surface area contributed by atoms with Gasteiger partial charge in [0.05, 0.1) is 18.2 Å². The van der Waals surface area contributed by atoms with Gasteiger partial charge in [-0.3, -0.25) is 0 Å². The number of methoxy groups -OCH3 is 1. The first-order chi connectivity index (χ1) is 15.2. The SMILES string of the molecule is COc1cc2oc(=O)c(-c3ccc(C(F)(F)F)cc3)c(Cc3ccc(O)cc3)c2cc1C. The number of rotatable bonds is 4. The molecule has 4 aromatic rings. The summed E-state index contributed by atoms with van der Waals surface area (Å²) < 4.78 is 49.9. The third-order valence-electron chi connectivity index (χ3n) is 5.35. The van der Waals surface area contributed by atoms with Gasteiger partial charge in [-0.15, -0.1) is 0 Å². The minimum Gasteiger partial charge on any atom is -0.508 e. The molecule has 4 rings (SSSR count). The van der Waals surface area contributed by atoms with Crippen LogP contribution in [0.5, 0.6) is 11.5 Å². The third kappa shape index (κ3) is 4.06. The standard InChI is InChI=1S/C25H19F3O4/c1-14-11-19-20(12-15-3-9-18(29)10-4-15)23(24(30)32-22(19)13-21(14)31-2)16-5-7-17(8-6-16)25(26,27)28/h3-11,13,29H,12H2,1-2H3. The van der Waals surface area contributed by atoms with E-state index in [1.54, 1.807) is 18.2 Å². The Labute approximate surface area is 181 Å². The second-order valence-corrected chi connectivity index (χ2v) is 7.48. The Morgan fingerprint density at radius 2 is 1.66 bits per heavy atom. The number of hydrogen-bond donors (Lipinski definition) is 1. The van der Waals surface area contributed by atoms with Crippen LogP contribution in [0.4, 0.5) is 13.2 Å². The van der Waals surface area contributed by atoms with Crippen LogP contribution in [-0.4, -0.2) is 12.2 Å². The molecule has 0 saturated heterocycles. The molecule has 164 valence electrons. The summed E-state index contributed by atoms with van der Waals surface area (Å²) >= 11 is 0. The zero-order valence-corrected chi connectivity index (χ0v) is 17.3. The minimum absolute atomic E-state index is 0.106. The van der Waals surface area contributed by atoms with Gasteiger partial charge < -0.3 is 14.3 Å². The summed E-state index contributed by atoms with van der Waals surface area (Å²) in [5.74, 6) is 0.660. The highest BCUT2D eigenvalue weighted by atomic mass is 19.4. The van der Waals surface area contributed by atoms with Gasteiger partial charge in [0.2, 0.25) is 0 Å². The molecule has 0 spiro atoms. The predicted molar refractivity (Wildman–Crippen MR) is 115 cm³/mol. The molecule has 0 radical (unpaired) electrons. The fraction of sp³-hybridized carbons (Fsp3) is 0.160. The number of aromatic hydroxyl groups is 1. The van der Waals surface area contributed by atoms with Crippen LogP contribution in [0, 0.1) is 6.92 Å². The van der Waals surface area contributed by atoms with Gasteiger partial charge in [-0.25, -0.2) is 4.79 Å². The molecule has 0 atom stereocenters. The van der Waals surface area contributed by atoms with E-state index in [1.807, 2.05) is 13.0 Å². The van der Waals surface area contributed by atoms with Crippen molar-refractivity contribution in [1.29, 1.82) is 0 Å². The quantitative estimate of drug-likeness (QED) is 0.390. The number of phenols is 1. The molecule has 0 saturated carbocycles. The van der Waals surface area contributed by atoms with E-state index in [0.29, 0.717) is 34.3 Å². The highest BCUT2D eigenvalue weighted by Gasteiger charge is 2.30. The van der Waals surface area contributed by atoms with Gasteiger partial charge in [0.15, 0.2) is 0 Å². The van der Waals surface area contributed by atoms with Gasteiger partial charge in [-0.2, -0.15) is 13.2 Å². The van der Waals surface area contributed by atoms with Crippen molar-refractivity contribution in [2.75, 3.05) is 7.11 Å². The number of fused-ring (bicyclic) bond motifs is 1. The third-order valence-corrected chi connectivity index (χ3v) is 5.35. The van der Waals surface area contributed by atoms with Crippen molar-refractivity contribution in [3.63, 3.8) is 0 Å². The van der Waals surface area contributed by atoms with Crippen LogP contribution in [-0.2, 0) is 12.6 Å². The van der Waals surface area contributed by atoms with Crippen LogP contribution in [0.3, 0.4) is 0 Å². The molecule has 7 heteroatoms. The molecule has 0 aliphatic heterocycles. The summed E-state index contributed by atoms with van der Waals surface area (Å²) in [6, 6.07) is 14.4. The van der Waals surface area contributed by atoms with Crippen LogP contribution in [0.15, 0.2) is 69.9 Å². The fourth-order valence-electron chi connectivity index (χ4n) is 3.74. The van der Waals surface area contributed by atoms with Gasteiger partial charge in [0, 0.05) is 11.5 Å². The van der Waals surface area contributed by atoms with E-state index in [1.165, 1.54) is 31.4 Å². The molecule has 0 amide bonds. The molecule has 4 nitrogen and oxygen atoms in total. The zero-order chi connectivity index (χ0) is 23.0. The Balaban J connectivity index is 1.97. The van der Waals surface area contributed by atoms with Crippen LogP contribution < -0.4 is 10.4 Å². The van der Waals surface area contributed by atoms with Crippen molar-refractivity contribution in [2.24, 2.45) is 0 Å². The summed E-state index contributed by atoms with van der Waals surface area (Å²) in [4.78, 5) is 13.0. The minimum atomic E-state index is -4.48. The molecular weight excluding hydrogens is 421 g/mol. The van der Waals surface area contributed by atoms with Crippen molar-refractivity contribution in [3.05, 3.63) is 93.3 Å². The molecule has 32 heavy (non-hydrogen) atoms. The average molecular weight is 440 g/mol. The summed E-state index contributed by atoms with van der Waals surface area (Å²) in [6.45, 7) is 1.85. The van der Waals surface area contributed by atoms with Crippen molar-refractivity contribution in [2.45, 2.75) is 19.5 Å². The van der Waals surface area contributed by atoms with E-state index in [2.05, 4.69) is 0 Å². The lowest BCUT2D eigenvalue weighted by Crippen LogP contribution is -2.10. The van der Waals surface area contributed by atoms with Crippen LogP contribution >= 0.6 is 0 Å². The van der Waals surface area contributed by atoms with Crippen LogP contribution in [0.25, 0.3) is 22.1 Å². The first-order valence-corrected chi connectivity index (χ1v) is 9.77. The number of benzene rings is 3.